The summed E-state index contributed by atoms with van der Waals surface area (Å²) in [4.78, 5) is 0. The summed E-state index contributed by atoms with van der Waals surface area (Å²) in [5.41, 5.74) is 0.555. The van der Waals surface area contributed by atoms with Crippen molar-refractivity contribution in [3.8, 4) is 6.07 Å². The van der Waals surface area contributed by atoms with E-state index in [0.717, 1.165) is 4.31 Å². The summed E-state index contributed by atoms with van der Waals surface area (Å²) in [6, 6.07) is 10.4. The number of benzene rings is 1. The first kappa shape index (κ1) is 11.5. The number of hydrogen-bond acceptors (Lipinski definition) is 3. The van der Waals surface area contributed by atoms with Crippen LogP contribution in [0, 0.1) is 11.3 Å². The molecule has 1 aromatic carbocycles. The van der Waals surface area contributed by atoms with Crippen LogP contribution in [0.15, 0.2) is 30.3 Å². The van der Waals surface area contributed by atoms with E-state index in [1.165, 1.54) is 14.0 Å². The Morgan fingerprint density at radius 1 is 1.33 bits per heavy atom. The van der Waals surface area contributed by atoms with Crippen molar-refractivity contribution in [3.63, 3.8) is 0 Å². The smallest absolute Gasteiger partial charge is 0.251 e. The van der Waals surface area contributed by atoms with E-state index in [2.05, 4.69) is 0 Å². The molecule has 0 aromatic heterocycles. The van der Waals surface area contributed by atoms with Crippen molar-refractivity contribution in [1.82, 2.24) is 0 Å². The molecule has 0 radical (unpaired) electrons. The zero-order valence-electron chi connectivity index (χ0n) is 8.58. The summed E-state index contributed by atoms with van der Waals surface area (Å²) in [5.74, 6) is 0. The van der Waals surface area contributed by atoms with Crippen molar-refractivity contribution >= 4 is 15.7 Å². The average molecular weight is 224 g/mol. The highest BCUT2D eigenvalue weighted by Gasteiger charge is 2.25. The van der Waals surface area contributed by atoms with E-state index in [9.17, 15) is 8.42 Å². The molecule has 1 unspecified atom stereocenters. The summed E-state index contributed by atoms with van der Waals surface area (Å²) < 4.78 is 24.7. The molecule has 0 saturated carbocycles. The van der Waals surface area contributed by atoms with Gasteiger partial charge in [-0.25, -0.2) is 8.42 Å². The van der Waals surface area contributed by atoms with Gasteiger partial charge in [0.1, 0.15) is 0 Å². The highest BCUT2D eigenvalue weighted by Crippen LogP contribution is 2.17. The maximum atomic E-state index is 11.8. The highest BCUT2D eigenvalue weighted by molar-refractivity contribution is 7.93. The molecular weight excluding hydrogens is 212 g/mol. The second-order valence-electron chi connectivity index (χ2n) is 3.12. The van der Waals surface area contributed by atoms with Crippen LogP contribution in [-0.4, -0.2) is 20.7 Å². The molecule has 0 aliphatic carbocycles. The van der Waals surface area contributed by atoms with Gasteiger partial charge in [-0.3, -0.25) is 4.31 Å². The predicted molar refractivity (Wildman–Crippen MR) is 58.8 cm³/mol. The maximum absolute atomic E-state index is 11.8. The molecule has 0 aliphatic rings. The molecule has 1 rings (SSSR count). The molecular formula is C10H12N2O2S. The first-order chi connectivity index (χ1) is 7.00. The summed E-state index contributed by atoms with van der Waals surface area (Å²) >= 11 is 0. The van der Waals surface area contributed by atoms with Gasteiger partial charge in [-0.1, -0.05) is 18.2 Å². The minimum Gasteiger partial charge on any atom is -0.272 e. The van der Waals surface area contributed by atoms with Crippen molar-refractivity contribution in [2.24, 2.45) is 0 Å². The van der Waals surface area contributed by atoms with Crippen molar-refractivity contribution in [2.45, 2.75) is 12.2 Å². The normalized spacial score (nSPS) is 12.9. The second kappa shape index (κ2) is 4.32. The predicted octanol–water partition coefficient (Wildman–Crippen LogP) is 1.36. The minimum absolute atomic E-state index is 0.555. The van der Waals surface area contributed by atoms with Crippen LogP contribution in [0.25, 0.3) is 0 Å². The Morgan fingerprint density at radius 3 is 2.33 bits per heavy atom. The van der Waals surface area contributed by atoms with E-state index in [4.69, 9.17) is 5.26 Å². The van der Waals surface area contributed by atoms with E-state index in [1.54, 1.807) is 36.4 Å². The van der Waals surface area contributed by atoms with Gasteiger partial charge in [0.2, 0.25) is 0 Å². The van der Waals surface area contributed by atoms with Gasteiger partial charge in [-0.2, -0.15) is 5.26 Å². The summed E-state index contributed by atoms with van der Waals surface area (Å²) in [5, 5.41) is 7.57. The van der Waals surface area contributed by atoms with E-state index < -0.39 is 15.3 Å². The molecule has 0 amide bonds. The Kier molecular flexibility index (Phi) is 3.32. The molecule has 0 bridgehead atoms. The number of sulfonamides is 1. The average Bonchev–Trinajstić information content (AvgIpc) is 2.28. The van der Waals surface area contributed by atoms with Crippen LogP contribution in [0.1, 0.15) is 6.92 Å². The van der Waals surface area contributed by atoms with Gasteiger partial charge in [0.25, 0.3) is 10.0 Å². The van der Waals surface area contributed by atoms with Gasteiger partial charge >= 0.3 is 0 Å². The summed E-state index contributed by atoms with van der Waals surface area (Å²) in [6.07, 6.45) is 0. The van der Waals surface area contributed by atoms with Gasteiger partial charge in [0.05, 0.1) is 11.8 Å². The zero-order valence-corrected chi connectivity index (χ0v) is 9.40. The van der Waals surface area contributed by atoms with Crippen LogP contribution in [-0.2, 0) is 10.0 Å². The number of nitrogens with zero attached hydrogens (tertiary/aromatic N) is 2. The number of anilines is 1. The van der Waals surface area contributed by atoms with Gasteiger partial charge in [-0.05, 0) is 19.1 Å². The highest BCUT2D eigenvalue weighted by atomic mass is 32.2. The molecule has 0 saturated heterocycles. The largest absolute Gasteiger partial charge is 0.272 e. The van der Waals surface area contributed by atoms with Crippen LogP contribution < -0.4 is 4.31 Å². The van der Waals surface area contributed by atoms with Gasteiger partial charge in [0.15, 0.2) is 5.25 Å². The number of nitriles is 1. The van der Waals surface area contributed by atoms with Gasteiger partial charge in [0, 0.05) is 7.05 Å². The standard InChI is InChI=1S/C10H12N2O2S/c1-9(8-11)15(13,14)12(2)10-6-4-3-5-7-10/h3-7,9H,1-2H3. The fourth-order valence-electron chi connectivity index (χ4n) is 1.09. The van der Waals surface area contributed by atoms with Crippen molar-refractivity contribution < 1.29 is 8.42 Å². The lowest BCUT2D eigenvalue weighted by molar-refractivity contribution is 0.590. The Labute approximate surface area is 89.8 Å². The van der Waals surface area contributed by atoms with Crippen molar-refractivity contribution in [2.75, 3.05) is 11.4 Å². The SMILES string of the molecule is CC(C#N)S(=O)(=O)N(C)c1ccccc1. The molecule has 0 heterocycles. The van der Waals surface area contributed by atoms with Gasteiger partial charge in [-0.15, -0.1) is 0 Å². The minimum atomic E-state index is -3.57. The lowest BCUT2D eigenvalue weighted by Crippen LogP contribution is -2.33. The van der Waals surface area contributed by atoms with Crippen LogP contribution in [0.4, 0.5) is 5.69 Å². The zero-order chi connectivity index (χ0) is 11.5. The number of para-hydroxylation sites is 1. The molecule has 15 heavy (non-hydrogen) atoms. The molecule has 4 nitrogen and oxygen atoms in total. The van der Waals surface area contributed by atoms with E-state index >= 15 is 0 Å². The number of rotatable bonds is 3. The molecule has 1 aromatic rings. The third-order valence-corrected chi connectivity index (χ3v) is 4.10. The van der Waals surface area contributed by atoms with Gasteiger partial charge < -0.3 is 0 Å². The van der Waals surface area contributed by atoms with E-state index in [1.807, 2.05) is 0 Å². The lowest BCUT2D eigenvalue weighted by atomic mass is 10.3. The van der Waals surface area contributed by atoms with Crippen LogP contribution in [0.2, 0.25) is 0 Å². The topological polar surface area (TPSA) is 61.2 Å². The third-order valence-electron chi connectivity index (χ3n) is 2.13. The Bertz CT molecular complexity index is 462. The van der Waals surface area contributed by atoms with E-state index in [0.29, 0.717) is 5.69 Å². The maximum Gasteiger partial charge on any atom is 0.251 e. The Hall–Kier alpha value is -1.54. The van der Waals surface area contributed by atoms with Crippen LogP contribution >= 0.6 is 0 Å². The molecule has 5 heteroatoms. The van der Waals surface area contributed by atoms with Crippen molar-refractivity contribution in [1.29, 1.82) is 5.26 Å². The molecule has 0 N–H and O–H groups in total. The molecule has 0 fully saturated rings. The van der Waals surface area contributed by atoms with E-state index in [-0.39, 0.29) is 0 Å². The first-order valence-corrected chi connectivity index (χ1v) is 5.93. The molecule has 1 atom stereocenters. The Balaban J connectivity index is 3.07. The quantitative estimate of drug-likeness (QED) is 0.779. The molecule has 0 aliphatic heterocycles. The number of hydrogen-bond donors (Lipinski definition) is 0. The Morgan fingerprint density at radius 2 is 1.87 bits per heavy atom. The van der Waals surface area contributed by atoms with Crippen molar-refractivity contribution in [3.05, 3.63) is 30.3 Å². The first-order valence-electron chi connectivity index (χ1n) is 4.42. The van der Waals surface area contributed by atoms with Crippen LogP contribution in [0.3, 0.4) is 0 Å². The fraction of sp³-hybridized carbons (Fsp3) is 0.300. The second-order valence-corrected chi connectivity index (χ2v) is 5.40. The third kappa shape index (κ3) is 2.28. The summed E-state index contributed by atoms with van der Waals surface area (Å²) in [6.45, 7) is 1.37. The summed E-state index contributed by atoms with van der Waals surface area (Å²) in [7, 11) is -2.13. The van der Waals surface area contributed by atoms with Crippen LogP contribution in [0.5, 0.6) is 0 Å². The molecule has 80 valence electrons. The fourth-order valence-corrected chi connectivity index (χ4v) is 2.11. The monoisotopic (exact) mass is 224 g/mol. The lowest BCUT2D eigenvalue weighted by Gasteiger charge is -2.20. The molecule has 0 spiro atoms.